The van der Waals surface area contributed by atoms with E-state index in [4.69, 9.17) is 18.9 Å². The quantitative estimate of drug-likeness (QED) is 0.0331. The Morgan fingerprint density at radius 3 is 2.05 bits per heavy atom. The minimum Gasteiger partial charge on any atom is -0.726 e. The molecule has 0 amide bonds. The van der Waals surface area contributed by atoms with Gasteiger partial charge in [-0.15, -0.1) is 0 Å². The van der Waals surface area contributed by atoms with Crippen molar-refractivity contribution in [3.63, 3.8) is 0 Å². The van der Waals surface area contributed by atoms with E-state index in [0.717, 1.165) is 0 Å². The Hall–Kier alpha value is 0.0900. The topological polar surface area (TPSA) is 285 Å². The van der Waals surface area contributed by atoms with Gasteiger partial charge in [0.1, 0.15) is 48.3 Å². The zero-order chi connectivity index (χ0) is 40.6. The second-order valence-corrected chi connectivity index (χ2v) is 19.0. The van der Waals surface area contributed by atoms with Crippen molar-refractivity contribution in [2.45, 2.75) is 158 Å². The van der Waals surface area contributed by atoms with Crippen molar-refractivity contribution >= 4 is 10.4 Å². The van der Waals surface area contributed by atoms with Crippen LogP contribution >= 0.6 is 0 Å². The maximum Gasteiger partial charge on any atom is 1.00 e. The van der Waals surface area contributed by atoms with E-state index in [-0.39, 0.29) is 53.9 Å². The van der Waals surface area contributed by atoms with Crippen molar-refractivity contribution in [3.8, 4) is 0 Å². The number of allylic oxidation sites excluding steroid dienone is 1. The Bertz CT molecular complexity index is 1490. The van der Waals surface area contributed by atoms with Gasteiger partial charge in [0.05, 0.1) is 37.6 Å². The smallest absolute Gasteiger partial charge is 0.726 e. The van der Waals surface area contributed by atoms with Crippen molar-refractivity contribution in [1.29, 1.82) is 0 Å². The fourth-order valence-corrected chi connectivity index (χ4v) is 12.1. The first-order chi connectivity index (χ1) is 25.5. The summed E-state index contributed by atoms with van der Waals surface area (Å²) in [5, 5.41) is 99.5. The second-order valence-electron chi connectivity index (χ2n) is 18.0. The first-order valence-corrected chi connectivity index (χ1v) is 20.9. The molecule has 2 aliphatic heterocycles. The van der Waals surface area contributed by atoms with Crippen LogP contribution in [0.3, 0.4) is 0 Å². The minimum atomic E-state index is -5.24. The first-order valence-electron chi connectivity index (χ1n) is 19.6. The molecular formula is C37H61NaO17S. The fraction of sp³-hybridized carbons (Fsp3) is 0.946. The summed E-state index contributed by atoms with van der Waals surface area (Å²) in [6.07, 6.45) is -10.4. The molecule has 6 rings (SSSR count). The monoisotopic (exact) mass is 832 g/mol. The van der Waals surface area contributed by atoms with E-state index in [9.17, 15) is 58.9 Å². The van der Waals surface area contributed by atoms with E-state index < -0.39 is 131 Å². The SMILES string of the molecule is CC(C)[C@H](/C=C/[C@@H](C)[C@H]1C[C@@H](O)[C@@H]2[C@]1(C)CC[C@@H]1[C@@]3(C)CC[C@H](O[C@@H]4OC[C@@H](O)[C@H](O)[C@H]4O)C[C@@H]3[C@@H](O)[C@@H](O)[C@]12O)O[C@@H]1OC[C@@H](O)[C@H](OS(=O)(=O)[O-])[C@H]1O.[Na+]. The summed E-state index contributed by atoms with van der Waals surface area (Å²) in [4.78, 5) is 0. The molecule has 0 radical (unpaired) electrons. The van der Waals surface area contributed by atoms with Gasteiger partial charge in [-0.1, -0.05) is 46.8 Å². The molecule has 19 heteroatoms. The van der Waals surface area contributed by atoms with Crippen LogP contribution in [0.25, 0.3) is 0 Å². The van der Waals surface area contributed by atoms with Gasteiger partial charge in [0, 0.05) is 5.92 Å². The number of hydrogen-bond acceptors (Lipinski definition) is 17. The third-order valence-electron chi connectivity index (χ3n) is 14.5. The van der Waals surface area contributed by atoms with Gasteiger partial charge in [0.15, 0.2) is 12.6 Å². The molecule has 2 saturated heterocycles. The maximum absolute atomic E-state index is 12.8. The van der Waals surface area contributed by atoms with Crippen LogP contribution in [0.5, 0.6) is 0 Å². The fourth-order valence-electron chi connectivity index (χ4n) is 11.6. The number of hydrogen-bond donors (Lipinski definition) is 9. The second kappa shape index (κ2) is 17.5. The normalized spacial score (nSPS) is 50.8. The molecule has 2 heterocycles. The molecule has 6 aliphatic rings. The molecule has 0 bridgehead atoms. The Kier molecular flexibility index (Phi) is 14.7. The molecule has 4 saturated carbocycles. The molecule has 9 N–H and O–H groups in total. The van der Waals surface area contributed by atoms with Gasteiger partial charge in [0.2, 0.25) is 10.4 Å². The zero-order valence-corrected chi connectivity index (χ0v) is 35.8. The van der Waals surface area contributed by atoms with Gasteiger partial charge >= 0.3 is 29.6 Å². The number of ether oxygens (including phenoxy) is 4. The average molecular weight is 833 g/mol. The average Bonchev–Trinajstić information content (AvgIpc) is 3.39. The number of fused-ring (bicyclic) bond motifs is 5. The van der Waals surface area contributed by atoms with Crippen molar-refractivity contribution in [1.82, 2.24) is 0 Å². The predicted octanol–water partition coefficient (Wildman–Crippen LogP) is -4.34. The van der Waals surface area contributed by atoms with Crippen LogP contribution in [0.1, 0.15) is 73.1 Å². The number of rotatable bonds is 10. The summed E-state index contributed by atoms with van der Waals surface area (Å²) in [7, 11) is -5.24. The molecule has 0 aromatic rings. The van der Waals surface area contributed by atoms with E-state index in [2.05, 4.69) is 4.18 Å². The van der Waals surface area contributed by atoms with Gasteiger partial charge in [-0.05, 0) is 78.9 Å². The maximum atomic E-state index is 12.8. The predicted molar refractivity (Wildman–Crippen MR) is 188 cm³/mol. The molecule has 318 valence electrons. The molecule has 4 aliphatic carbocycles. The molecule has 21 atom stereocenters. The summed E-state index contributed by atoms with van der Waals surface area (Å²) in [5.41, 5.74) is -3.10. The van der Waals surface area contributed by atoms with E-state index in [0.29, 0.717) is 38.5 Å². The van der Waals surface area contributed by atoms with Crippen LogP contribution in [-0.4, -0.2) is 157 Å². The summed E-state index contributed by atoms with van der Waals surface area (Å²) in [6.45, 7) is 9.09. The van der Waals surface area contributed by atoms with E-state index in [1.54, 1.807) is 6.08 Å². The van der Waals surface area contributed by atoms with Crippen LogP contribution < -0.4 is 29.6 Å². The number of aliphatic hydroxyl groups is 9. The molecule has 0 spiro atoms. The molecule has 0 aromatic heterocycles. The molecule has 0 aromatic carbocycles. The Balaban J connectivity index is 0.00000600. The third kappa shape index (κ3) is 8.48. The van der Waals surface area contributed by atoms with Crippen molar-refractivity contribution in [3.05, 3.63) is 12.2 Å². The van der Waals surface area contributed by atoms with Crippen LogP contribution in [0.4, 0.5) is 0 Å². The summed E-state index contributed by atoms with van der Waals surface area (Å²) in [5.74, 6) is -2.23. The molecule has 0 unspecified atom stereocenters. The van der Waals surface area contributed by atoms with E-state index in [1.807, 2.05) is 40.7 Å². The van der Waals surface area contributed by atoms with Crippen LogP contribution in [-0.2, 0) is 33.5 Å². The van der Waals surface area contributed by atoms with Gasteiger partial charge in [-0.3, -0.25) is 4.18 Å². The van der Waals surface area contributed by atoms with Gasteiger partial charge < -0.3 is 69.5 Å². The van der Waals surface area contributed by atoms with Crippen LogP contribution in [0.15, 0.2) is 12.2 Å². The third-order valence-corrected chi connectivity index (χ3v) is 14.9. The molecule has 6 fully saturated rings. The van der Waals surface area contributed by atoms with Crippen molar-refractivity contribution < 1.29 is 112 Å². The zero-order valence-electron chi connectivity index (χ0n) is 33.0. The van der Waals surface area contributed by atoms with Gasteiger partial charge in [0.25, 0.3) is 0 Å². The van der Waals surface area contributed by atoms with Gasteiger partial charge in [-0.2, -0.15) is 0 Å². The van der Waals surface area contributed by atoms with E-state index in [1.165, 1.54) is 0 Å². The first kappa shape index (κ1) is 47.1. The van der Waals surface area contributed by atoms with Crippen molar-refractivity contribution in [2.24, 2.45) is 46.3 Å². The Morgan fingerprint density at radius 1 is 0.786 bits per heavy atom. The number of aliphatic hydroxyl groups excluding tert-OH is 8. The largest absolute Gasteiger partial charge is 1.00 e. The molecule has 56 heavy (non-hydrogen) atoms. The van der Waals surface area contributed by atoms with E-state index >= 15 is 0 Å². The van der Waals surface area contributed by atoms with Gasteiger partial charge in [-0.25, -0.2) is 8.42 Å². The van der Waals surface area contributed by atoms with Crippen LogP contribution in [0, 0.1) is 46.3 Å². The molecule has 17 nitrogen and oxygen atoms in total. The summed E-state index contributed by atoms with van der Waals surface area (Å²) < 4.78 is 61.0. The van der Waals surface area contributed by atoms with Crippen molar-refractivity contribution in [2.75, 3.05) is 13.2 Å². The van der Waals surface area contributed by atoms with Crippen LogP contribution in [0.2, 0.25) is 0 Å². The molecular weight excluding hydrogens is 771 g/mol. The standard InChI is InChI=1S/C37H62O17S.Na/c1-16(2)24(53-34-29(44)30(23(40)15-51-34)54-55(47,48)49)7-6-17(3)19-13-21(38)31-36(19,5)11-9-25-35(4)10-8-18(12-20(35)26(41)32(45)37(25,31)46)52-33-28(43)27(42)22(39)14-50-33;/h6-7,16-34,38-46H,8-15H2,1-5H3,(H,47,48,49);/q;+1/p-1/b7-6+;/t17-,18+,19-,20-,21-,22-,23-,24+,25-,26-,27+,28-,29-,30+,31-,32-,33+,34+,35+,36-,37+;/m1./s1. The summed E-state index contributed by atoms with van der Waals surface area (Å²) in [6, 6.07) is 0. The Morgan fingerprint density at radius 2 is 1.41 bits per heavy atom. The minimum absolute atomic E-state index is 0. The summed E-state index contributed by atoms with van der Waals surface area (Å²) >= 11 is 0. The Labute approximate surface area is 350 Å².